The molecule has 1 aliphatic heterocycles. The largest absolute Gasteiger partial charge is 0.369 e. The molecule has 3 rings (SSSR count). The Bertz CT molecular complexity index is 687. The molecular formula is C19H23ClN4. The molecule has 24 heavy (non-hydrogen) atoms. The van der Waals surface area contributed by atoms with Gasteiger partial charge in [-0.05, 0) is 30.2 Å². The lowest BCUT2D eigenvalue weighted by Crippen LogP contribution is -2.44. The second-order valence-electron chi connectivity index (χ2n) is 5.93. The van der Waals surface area contributed by atoms with E-state index in [0.29, 0.717) is 12.6 Å². The molecule has 1 atom stereocenters. The van der Waals surface area contributed by atoms with Crippen LogP contribution >= 0.6 is 11.6 Å². The van der Waals surface area contributed by atoms with Gasteiger partial charge in [0.2, 0.25) is 0 Å². The van der Waals surface area contributed by atoms with Crippen LogP contribution in [0.3, 0.4) is 0 Å². The zero-order valence-corrected chi connectivity index (χ0v) is 14.6. The van der Waals surface area contributed by atoms with Gasteiger partial charge in [0.1, 0.15) is 0 Å². The van der Waals surface area contributed by atoms with Crippen molar-refractivity contribution in [2.24, 2.45) is 4.99 Å². The Morgan fingerprint density at radius 1 is 1.17 bits per heavy atom. The number of para-hydroxylation sites is 1. The number of halogens is 1. The molecule has 0 saturated carbocycles. The lowest BCUT2D eigenvalue weighted by molar-refractivity contribution is 0.648. The molecule has 126 valence electrons. The van der Waals surface area contributed by atoms with Gasteiger partial charge in [0.05, 0.1) is 0 Å². The highest BCUT2D eigenvalue weighted by Crippen LogP contribution is 2.19. The van der Waals surface area contributed by atoms with Crippen LogP contribution in [0.15, 0.2) is 59.6 Å². The first-order valence-electron chi connectivity index (χ1n) is 8.27. The van der Waals surface area contributed by atoms with Gasteiger partial charge < -0.3 is 15.5 Å². The van der Waals surface area contributed by atoms with Crippen LogP contribution in [0.4, 0.5) is 5.69 Å². The highest BCUT2D eigenvalue weighted by Gasteiger charge is 2.23. The molecule has 1 heterocycles. The van der Waals surface area contributed by atoms with E-state index < -0.39 is 0 Å². The van der Waals surface area contributed by atoms with Crippen LogP contribution in [0.1, 0.15) is 12.0 Å². The summed E-state index contributed by atoms with van der Waals surface area (Å²) in [5.74, 6) is 0.815. The predicted octanol–water partition coefficient (Wildman–Crippen LogP) is 3.28. The number of guanidine groups is 1. The zero-order chi connectivity index (χ0) is 16.8. The number of hydrogen-bond donors (Lipinski definition) is 2. The van der Waals surface area contributed by atoms with Crippen LogP contribution in [-0.4, -0.2) is 32.1 Å². The van der Waals surface area contributed by atoms with Crippen molar-refractivity contribution in [2.45, 2.75) is 19.0 Å². The molecule has 0 bridgehead atoms. The first-order chi connectivity index (χ1) is 11.8. The summed E-state index contributed by atoms with van der Waals surface area (Å²) in [5, 5.41) is 7.63. The van der Waals surface area contributed by atoms with Gasteiger partial charge >= 0.3 is 0 Å². The molecule has 0 aliphatic carbocycles. The monoisotopic (exact) mass is 342 g/mol. The molecule has 0 amide bonds. The molecule has 5 heteroatoms. The predicted molar refractivity (Wildman–Crippen MR) is 102 cm³/mol. The van der Waals surface area contributed by atoms with Crippen LogP contribution in [-0.2, 0) is 6.54 Å². The molecular weight excluding hydrogens is 320 g/mol. The van der Waals surface area contributed by atoms with Gasteiger partial charge in [0, 0.05) is 43.4 Å². The number of hydrogen-bond acceptors (Lipinski definition) is 2. The molecule has 0 aromatic heterocycles. The fourth-order valence-corrected chi connectivity index (χ4v) is 3.16. The van der Waals surface area contributed by atoms with Crippen molar-refractivity contribution in [3.05, 3.63) is 65.2 Å². The summed E-state index contributed by atoms with van der Waals surface area (Å²) < 4.78 is 0. The van der Waals surface area contributed by atoms with Crippen LogP contribution in [0.25, 0.3) is 0 Å². The van der Waals surface area contributed by atoms with Crippen LogP contribution in [0, 0.1) is 0 Å². The Hall–Kier alpha value is -2.20. The number of anilines is 1. The summed E-state index contributed by atoms with van der Waals surface area (Å²) in [6.07, 6.45) is 1.10. The number of benzene rings is 2. The second kappa shape index (κ2) is 8.06. The van der Waals surface area contributed by atoms with Crippen molar-refractivity contribution in [3.8, 4) is 0 Å². The topological polar surface area (TPSA) is 39.7 Å². The smallest absolute Gasteiger partial charge is 0.191 e. The standard InChI is InChI=1S/C19H23ClN4/c1-21-19(22-13-15-7-5-6-10-18(15)20)23-16-11-12-24(14-16)17-8-3-2-4-9-17/h2-10,16H,11-14H2,1H3,(H2,21,22,23). The van der Waals surface area contributed by atoms with E-state index in [4.69, 9.17) is 11.6 Å². The SMILES string of the molecule is CN=C(NCc1ccccc1Cl)NC1CCN(c2ccccc2)C1. The normalized spacial score (nSPS) is 17.8. The fourth-order valence-electron chi connectivity index (χ4n) is 2.96. The van der Waals surface area contributed by atoms with Crippen LogP contribution in [0.5, 0.6) is 0 Å². The molecule has 1 unspecified atom stereocenters. The number of nitrogens with zero attached hydrogens (tertiary/aromatic N) is 2. The van der Waals surface area contributed by atoms with E-state index in [0.717, 1.165) is 36.1 Å². The van der Waals surface area contributed by atoms with Gasteiger partial charge in [-0.25, -0.2) is 0 Å². The molecule has 2 N–H and O–H groups in total. The summed E-state index contributed by atoms with van der Waals surface area (Å²) >= 11 is 6.20. The van der Waals surface area contributed by atoms with E-state index in [1.807, 2.05) is 24.3 Å². The average Bonchev–Trinajstić information content (AvgIpc) is 3.09. The number of rotatable bonds is 4. The van der Waals surface area contributed by atoms with Gasteiger partial charge in [-0.15, -0.1) is 0 Å². The van der Waals surface area contributed by atoms with Crippen molar-refractivity contribution in [2.75, 3.05) is 25.0 Å². The first-order valence-corrected chi connectivity index (χ1v) is 8.64. The Morgan fingerprint density at radius 2 is 1.92 bits per heavy atom. The molecule has 0 radical (unpaired) electrons. The summed E-state index contributed by atoms with van der Waals surface area (Å²) in [6.45, 7) is 2.70. The second-order valence-corrected chi connectivity index (χ2v) is 6.34. The summed E-state index contributed by atoms with van der Waals surface area (Å²) in [5.41, 5.74) is 2.35. The van der Waals surface area contributed by atoms with E-state index >= 15 is 0 Å². The first kappa shape index (κ1) is 16.7. The maximum absolute atomic E-state index is 6.20. The van der Waals surface area contributed by atoms with Crippen LogP contribution in [0.2, 0.25) is 5.02 Å². The van der Waals surface area contributed by atoms with E-state index in [1.165, 1.54) is 5.69 Å². The number of aliphatic imine (C=N–C) groups is 1. The van der Waals surface area contributed by atoms with Gasteiger partial charge in [-0.1, -0.05) is 48.0 Å². The molecule has 0 spiro atoms. The summed E-state index contributed by atoms with van der Waals surface area (Å²) in [7, 11) is 1.80. The Balaban J connectivity index is 1.52. The van der Waals surface area contributed by atoms with Gasteiger partial charge in [-0.2, -0.15) is 0 Å². The van der Waals surface area contributed by atoms with Crippen molar-refractivity contribution >= 4 is 23.2 Å². The quantitative estimate of drug-likeness (QED) is 0.661. The third-order valence-electron chi connectivity index (χ3n) is 4.28. The number of nitrogens with one attached hydrogen (secondary N) is 2. The average molecular weight is 343 g/mol. The lowest BCUT2D eigenvalue weighted by Gasteiger charge is -2.20. The van der Waals surface area contributed by atoms with E-state index in [1.54, 1.807) is 7.05 Å². The molecule has 2 aromatic carbocycles. The molecule has 1 fully saturated rings. The maximum Gasteiger partial charge on any atom is 0.191 e. The van der Waals surface area contributed by atoms with Gasteiger partial charge in [-0.3, -0.25) is 4.99 Å². The minimum atomic E-state index is 0.391. The van der Waals surface area contributed by atoms with Gasteiger partial charge in [0.25, 0.3) is 0 Å². The molecule has 1 aliphatic rings. The maximum atomic E-state index is 6.20. The highest BCUT2D eigenvalue weighted by molar-refractivity contribution is 6.31. The minimum absolute atomic E-state index is 0.391. The third kappa shape index (κ3) is 4.20. The minimum Gasteiger partial charge on any atom is -0.369 e. The van der Waals surface area contributed by atoms with Crippen molar-refractivity contribution in [1.29, 1.82) is 0 Å². The van der Waals surface area contributed by atoms with Crippen molar-refractivity contribution < 1.29 is 0 Å². The van der Waals surface area contributed by atoms with Gasteiger partial charge in [0.15, 0.2) is 5.96 Å². The Kier molecular flexibility index (Phi) is 5.59. The van der Waals surface area contributed by atoms with E-state index in [-0.39, 0.29) is 0 Å². The molecule has 4 nitrogen and oxygen atoms in total. The Labute approximate surface area is 148 Å². The van der Waals surface area contributed by atoms with Crippen molar-refractivity contribution in [1.82, 2.24) is 10.6 Å². The van der Waals surface area contributed by atoms with Crippen LogP contribution < -0.4 is 15.5 Å². The van der Waals surface area contributed by atoms with Crippen molar-refractivity contribution in [3.63, 3.8) is 0 Å². The Morgan fingerprint density at radius 3 is 2.67 bits per heavy atom. The van der Waals surface area contributed by atoms with E-state index in [2.05, 4.69) is 50.9 Å². The molecule has 2 aromatic rings. The molecule has 1 saturated heterocycles. The highest BCUT2D eigenvalue weighted by atomic mass is 35.5. The fraction of sp³-hybridized carbons (Fsp3) is 0.316. The zero-order valence-electron chi connectivity index (χ0n) is 13.9. The summed E-state index contributed by atoms with van der Waals surface area (Å²) in [6, 6.07) is 18.8. The van der Waals surface area contributed by atoms with E-state index in [9.17, 15) is 0 Å². The third-order valence-corrected chi connectivity index (χ3v) is 4.65. The lowest BCUT2D eigenvalue weighted by atomic mass is 10.2. The summed E-state index contributed by atoms with van der Waals surface area (Å²) in [4.78, 5) is 6.73.